The fraction of sp³-hybridized carbons (Fsp3) is 0.462. The van der Waals surface area contributed by atoms with Crippen molar-refractivity contribution in [3.8, 4) is 6.07 Å². The number of rotatable bonds is 2. The minimum absolute atomic E-state index is 0.315. The van der Waals surface area contributed by atoms with Gasteiger partial charge in [0, 0.05) is 6.54 Å². The number of carboxylic acid groups (broad SMARTS) is 1. The summed E-state index contributed by atoms with van der Waals surface area (Å²) in [5, 5.41) is 18.1. The number of piperidine rings is 1. The molecular weight excluding hydrogens is 230 g/mol. The van der Waals surface area contributed by atoms with Crippen molar-refractivity contribution in [2.75, 3.05) is 11.4 Å². The summed E-state index contributed by atoms with van der Waals surface area (Å²) >= 11 is 0. The van der Waals surface area contributed by atoms with Crippen LogP contribution >= 0.6 is 0 Å². The number of nitriles is 1. The predicted octanol–water partition coefficient (Wildman–Crippen LogP) is 1.64. The van der Waals surface area contributed by atoms with Crippen molar-refractivity contribution >= 4 is 11.8 Å². The van der Waals surface area contributed by atoms with Gasteiger partial charge in [0.05, 0.1) is 0 Å². The van der Waals surface area contributed by atoms with Gasteiger partial charge >= 0.3 is 5.97 Å². The van der Waals surface area contributed by atoms with E-state index in [-0.39, 0.29) is 0 Å². The largest absolute Gasteiger partial charge is 0.480 e. The van der Waals surface area contributed by atoms with Crippen LogP contribution in [0.2, 0.25) is 0 Å². The van der Waals surface area contributed by atoms with Gasteiger partial charge in [0.2, 0.25) is 0 Å². The summed E-state index contributed by atoms with van der Waals surface area (Å²) in [5.74, 6) is 0.153. The van der Waals surface area contributed by atoms with Gasteiger partial charge in [0.25, 0.3) is 0 Å². The second kappa shape index (κ2) is 5.05. The minimum Gasteiger partial charge on any atom is -0.480 e. The number of anilines is 1. The van der Waals surface area contributed by atoms with E-state index in [2.05, 4.69) is 11.9 Å². The minimum atomic E-state index is -0.828. The third-order valence-corrected chi connectivity index (χ3v) is 3.29. The smallest absolute Gasteiger partial charge is 0.326 e. The van der Waals surface area contributed by atoms with Crippen molar-refractivity contribution in [2.24, 2.45) is 5.92 Å². The maximum Gasteiger partial charge on any atom is 0.326 e. The second-order valence-corrected chi connectivity index (χ2v) is 4.67. The molecule has 0 bridgehead atoms. The molecule has 1 aromatic heterocycles. The number of hydrogen-bond donors (Lipinski definition) is 1. The summed E-state index contributed by atoms with van der Waals surface area (Å²) in [6.45, 7) is 2.73. The standard InChI is InChI=1S/C13H15N3O2/c1-9-5-6-16(11(7-9)13(17)18)12-4-2-3-10(8-14)15-12/h2-4,9,11H,5-7H2,1H3,(H,17,18). The molecule has 1 fully saturated rings. The Labute approximate surface area is 106 Å². The highest BCUT2D eigenvalue weighted by molar-refractivity contribution is 5.78. The second-order valence-electron chi connectivity index (χ2n) is 4.67. The highest BCUT2D eigenvalue weighted by Gasteiger charge is 2.32. The monoisotopic (exact) mass is 245 g/mol. The van der Waals surface area contributed by atoms with Crippen LogP contribution in [-0.2, 0) is 4.79 Å². The zero-order valence-electron chi connectivity index (χ0n) is 10.2. The molecule has 1 N–H and O–H groups in total. The molecule has 0 radical (unpaired) electrons. The maximum atomic E-state index is 11.3. The molecule has 2 heterocycles. The van der Waals surface area contributed by atoms with Crippen LogP contribution in [0.3, 0.4) is 0 Å². The van der Waals surface area contributed by atoms with E-state index in [1.807, 2.05) is 6.07 Å². The fourth-order valence-electron chi connectivity index (χ4n) is 2.30. The van der Waals surface area contributed by atoms with Crippen molar-refractivity contribution < 1.29 is 9.90 Å². The number of carbonyl (C=O) groups is 1. The Balaban J connectivity index is 2.29. The highest BCUT2D eigenvalue weighted by atomic mass is 16.4. The molecule has 1 aliphatic rings. The van der Waals surface area contributed by atoms with Gasteiger partial charge in [-0.3, -0.25) is 0 Å². The number of carboxylic acids is 1. The van der Waals surface area contributed by atoms with Crippen LogP contribution in [0.15, 0.2) is 18.2 Å². The molecule has 18 heavy (non-hydrogen) atoms. The molecule has 1 aromatic rings. The van der Waals surface area contributed by atoms with Crippen LogP contribution < -0.4 is 4.90 Å². The van der Waals surface area contributed by atoms with E-state index in [0.717, 1.165) is 6.42 Å². The Kier molecular flexibility index (Phi) is 3.47. The van der Waals surface area contributed by atoms with E-state index in [9.17, 15) is 9.90 Å². The molecule has 2 rings (SSSR count). The Morgan fingerprint density at radius 2 is 2.39 bits per heavy atom. The lowest BCUT2D eigenvalue weighted by molar-refractivity contribution is -0.139. The first kappa shape index (κ1) is 12.4. The van der Waals surface area contributed by atoms with E-state index < -0.39 is 12.0 Å². The Hall–Kier alpha value is -2.09. The summed E-state index contributed by atoms with van der Waals surface area (Å²) in [6.07, 6.45) is 1.57. The van der Waals surface area contributed by atoms with E-state index >= 15 is 0 Å². The third-order valence-electron chi connectivity index (χ3n) is 3.29. The first-order chi connectivity index (χ1) is 8.61. The average Bonchev–Trinajstić information content (AvgIpc) is 2.38. The molecule has 1 aliphatic heterocycles. The molecule has 94 valence electrons. The molecule has 0 aromatic carbocycles. The number of aliphatic carboxylic acids is 1. The van der Waals surface area contributed by atoms with Crippen molar-refractivity contribution in [3.05, 3.63) is 23.9 Å². The van der Waals surface area contributed by atoms with Gasteiger partial charge in [-0.25, -0.2) is 9.78 Å². The summed E-state index contributed by atoms with van der Waals surface area (Å²) in [6, 6.07) is 6.54. The molecular formula is C13H15N3O2. The van der Waals surface area contributed by atoms with Crippen molar-refractivity contribution in [2.45, 2.75) is 25.8 Å². The van der Waals surface area contributed by atoms with E-state index in [1.54, 1.807) is 23.1 Å². The molecule has 0 spiro atoms. The van der Waals surface area contributed by atoms with Crippen LogP contribution in [0.5, 0.6) is 0 Å². The zero-order valence-corrected chi connectivity index (χ0v) is 10.2. The lowest BCUT2D eigenvalue weighted by atomic mass is 9.92. The van der Waals surface area contributed by atoms with Gasteiger partial charge < -0.3 is 10.0 Å². The Morgan fingerprint density at radius 3 is 3.06 bits per heavy atom. The zero-order chi connectivity index (χ0) is 13.1. The van der Waals surface area contributed by atoms with Gasteiger partial charge in [-0.05, 0) is 30.9 Å². The van der Waals surface area contributed by atoms with Gasteiger partial charge in [0.15, 0.2) is 0 Å². The van der Waals surface area contributed by atoms with Gasteiger partial charge in [-0.2, -0.15) is 5.26 Å². The molecule has 5 nitrogen and oxygen atoms in total. The SMILES string of the molecule is CC1CCN(c2cccc(C#N)n2)C(C(=O)O)C1. The average molecular weight is 245 g/mol. The summed E-state index contributed by atoms with van der Waals surface area (Å²) in [7, 11) is 0. The first-order valence-electron chi connectivity index (χ1n) is 5.98. The summed E-state index contributed by atoms with van der Waals surface area (Å²) in [4.78, 5) is 17.3. The molecule has 0 amide bonds. The van der Waals surface area contributed by atoms with Gasteiger partial charge in [-0.1, -0.05) is 13.0 Å². The molecule has 1 saturated heterocycles. The summed E-state index contributed by atoms with van der Waals surface area (Å²) < 4.78 is 0. The quantitative estimate of drug-likeness (QED) is 0.857. The predicted molar refractivity (Wildman–Crippen MR) is 66.1 cm³/mol. The van der Waals surface area contributed by atoms with Crippen LogP contribution in [0, 0.1) is 17.2 Å². The molecule has 2 unspecified atom stereocenters. The lowest BCUT2D eigenvalue weighted by Gasteiger charge is -2.36. The van der Waals surface area contributed by atoms with E-state index in [0.29, 0.717) is 30.4 Å². The van der Waals surface area contributed by atoms with Gasteiger partial charge in [-0.15, -0.1) is 0 Å². The van der Waals surface area contributed by atoms with E-state index in [4.69, 9.17) is 5.26 Å². The maximum absolute atomic E-state index is 11.3. The fourth-order valence-corrected chi connectivity index (χ4v) is 2.30. The molecule has 0 saturated carbocycles. The molecule has 5 heteroatoms. The normalized spacial score (nSPS) is 23.4. The van der Waals surface area contributed by atoms with E-state index in [1.165, 1.54) is 0 Å². The third kappa shape index (κ3) is 2.43. The number of nitrogens with zero attached hydrogens (tertiary/aromatic N) is 3. The lowest BCUT2D eigenvalue weighted by Crippen LogP contribution is -2.47. The van der Waals surface area contributed by atoms with Crippen molar-refractivity contribution in [3.63, 3.8) is 0 Å². The van der Waals surface area contributed by atoms with Crippen LogP contribution in [0.25, 0.3) is 0 Å². The van der Waals surface area contributed by atoms with Crippen LogP contribution in [0.4, 0.5) is 5.82 Å². The first-order valence-corrected chi connectivity index (χ1v) is 5.98. The number of pyridine rings is 1. The molecule has 0 aliphatic carbocycles. The highest BCUT2D eigenvalue weighted by Crippen LogP contribution is 2.26. The van der Waals surface area contributed by atoms with Gasteiger partial charge in [0.1, 0.15) is 23.6 Å². The van der Waals surface area contributed by atoms with Crippen LogP contribution in [0.1, 0.15) is 25.5 Å². The van der Waals surface area contributed by atoms with Crippen LogP contribution in [-0.4, -0.2) is 28.6 Å². The van der Waals surface area contributed by atoms with Crippen molar-refractivity contribution in [1.29, 1.82) is 5.26 Å². The Morgan fingerprint density at radius 1 is 1.61 bits per heavy atom. The topological polar surface area (TPSA) is 77.2 Å². The Bertz CT molecular complexity index is 495. The number of hydrogen-bond acceptors (Lipinski definition) is 4. The van der Waals surface area contributed by atoms with Crippen molar-refractivity contribution in [1.82, 2.24) is 4.98 Å². The molecule has 2 atom stereocenters. The summed E-state index contributed by atoms with van der Waals surface area (Å²) in [5.41, 5.74) is 0.315. The number of aromatic nitrogens is 1.